The van der Waals surface area contributed by atoms with Crippen LogP contribution < -0.4 is 10.1 Å². The predicted molar refractivity (Wildman–Crippen MR) is 98.7 cm³/mol. The lowest BCUT2D eigenvalue weighted by atomic mass is 10.1. The number of methoxy groups -OCH3 is 1. The van der Waals surface area contributed by atoms with E-state index in [1.54, 1.807) is 37.7 Å². The van der Waals surface area contributed by atoms with E-state index in [1.165, 1.54) is 11.8 Å². The van der Waals surface area contributed by atoms with Crippen LogP contribution in [0.4, 0.5) is 5.69 Å². The second-order valence-electron chi connectivity index (χ2n) is 5.16. The number of anilines is 1. The first-order valence-corrected chi connectivity index (χ1v) is 8.58. The van der Waals surface area contributed by atoms with E-state index in [0.717, 1.165) is 11.3 Å². The van der Waals surface area contributed by atoms with Gasteiger partial charge in [-0.1, -0.05) is 42.1 Å². The van der Waals surface area contributed by atoms with Gasteiger partial charge in [0.2, 0.25) is 5.91 Å². The van der Waals surface area contributed by atoms with E-state index in [2.05, 4.69) is 15.3 Å². The highest BCUT2D eigenvalue weighted by molar-refractivity contribution is 8.00. The summed E-state index contributed by atoms with van der Waals surface area (Å²) < 4.78 is 5.14. The summed E-state index contributed by atoms with van der Waals surface area (Å²) >= 11 is 1.32. The number of nitrogens with one attached hydrogen (secondary N) is 1. The highest BCUT2D eigenvalue weighted by Gasteiger charge is 2.23. The van der Waals surface area contributed by atoms with Gasteiger partial charge in [0.25, 0.3) is 0 Å². The molecule has 0 radical (unpaired) electrons. The monoisotopic (exact) mass is 351 g/mol. The first kappa shape index (κ1) is 17.0. The number of ether oxygens (including phenoxy) is 1. The molecule has 1 N–H and O–H groups in total. The Kier molecular flexibility index (Phi) is 5.64. The van der Waals surface area contributed by atoms with Gasteiger partial charge in [-0.15, -0.1) is 0 Å². The molecular weight excluding hydrogens is 334 g/mol. The Hall–Kier alpha value is -2.86. The van der Waals surface area contributed by atoms with Crippen LogP contribution in [0.5, 0.6) is 5.75 Å². The number of thioether (sulfide) groups is 1. The van der Waals surface area contributed by atoms with Crippen LogP contribution in [-0.4, -0.2) is 23.0 Å². The molecule has 0 unspecified atom stereocenters. The first-order valence-electron chi connectivity index (χ1n) is 7.70. The second kappa shape index (κ2) is 8.30. The Bertz CT molecular complexity index is 811. The van der Waals surface area contributed by atoms with E-state index in [4.69, 9.17) is 4.74 Å². The zero-order valence-corrected chi connectivity index (χ0v) is 14.4. The highest BCUT2D eigenvalue weighted by atomic mass is 32.2. The van der Waals surface area contributed by atoms with E-state index in [9.17, 15) is 4.79 Å². The number of nitrogens with zero attached hydrogens (tertiary/aromatic N) is 2. The predicted octanol–water partition coefficient (Wildman–Crippen LogP) is 3.96. The third-order valence-electron chi connectivity index (χ3n) is 3.46. The summed E-state index contributed by atoms with van der Waals surface area (Å²) in [5.74, 6) is 0.610. The number of amides is 1. The van der Waals surface area contributed by atoms with Crippen LogP contribution in [0.2, 0.25) is 0 Å². The molecule has 1 amide bonds. The lowest BCUT2D eigenvalue weighted by Gasteiger charge is -2.16. The molecule has 1 aromatic heterocycles. The van der Waals surface area contributed by atoms with Crippen molar-refractivity contribution in [3.8, 4) is 5.75 Å². The molecule has 0 saturated heterocycles. The van der Waals surface area contributed by atoms with Gasteiger partial charge in [-0.2, -0.15) is 0 Å². The maximum Gasteiger partial charge on any atom is 0.242 e. The molecule has 0 aliphatic carbocycles. The van der Waals surface area contributed by atoms with Crippen LogP contribution in [0, 0.1) is 0 Å². The number of hydrogen-bond donors (Lipinski definition) is 1. The zero-order valence-electron chi connectivity index (χ0n) is 13.6. The molecule has 6 heteroatoms. The lowest BCUT2D eigenvalue weighted by Crippen LogP contribution is -2.19. The maximum atomic E-state index is 12.9. The molecule has 0 spiro atoms. The molecule has 1 heterocycles. The molecule has 0 bridgehead atoms. The van der Waals surface area contributed by atoms with Crippen molar-refractivity contribution in [3.05, 3.63) is 78.6 Å². The Labute approximate surface area is 150 Å². The maximum absolute atomic E-state index is 12.9. The summed E-state index contributed by atoms with van der Waals surface area (Å²) in [6, 6.07) is 18.6. The van der Waals surface area contributed by atoms with Crippen LogP contribution >= 0.6 is 11.8 Å². The number of hydrogen-bond acceptors (Lipinski definition) is 5. The summed E-state index contributed by atoms with van der Waals surface area (Å²) in [4.78, 5) is 21.3. The van der Waals surface area contributed by atoms with Crippen LogP contribution in [-0.2, 0) is 4.79 Å². The molecule has 25 heavy (non-hydrogen) atoms. The van der Waals surface area contributed by atoms with Crippen molar-refractivity contribution in [2.45, 2.75) is 10.4 Å². The fourth-order valence-corrected chi connectivity index (χ4v) is 3.15. The molecule has 2 aromatic carbocycles. The minimum absolute atomic E-state index is 0.131. The van der Waals surface area contributed by atoms with Crippen LogP contribution in [0.3, 0.4) is 0 Å². The van der Waals surface area contributed by atoms with Crippen molar-refractivity contribution in [1.82, 2.24) is 9.97 Å². The molecule has 5 nitrogen and oxygen atoms in total. The van der Waals surface area contributed by atoms with Crippen molar-refractivity contribution in [3.63, 3.8) is 0 Å². The average molecular weight is 351 g/mol. The first-order chi connectivity index (χ1) is 12.3. The Morgan fingerprint density at radius 2 is 1.68 bits per heavy atom. The van der Waals surface area contributed by atoms with Gasteiger partial charge in [0, 0.05) is 18.1 Å². The Morgan fingerprint density at radius 3 is 2.32 bits per heavy atom. The third-order valence-corrected chi connectivity index (χ3v) is 4.61. The highest BCUT2D eigenvalue weighted by Crippen LogP contribution is 2.34. The lowest BCUT2D eigenvalue weighted by molar-refractivity contribution is -0.115. The van der Waals surface area contributed by atoms with Gasteiger partial charge in [0.15, 0.2) is 5.16 Å². The summed E-state index contributed by atoms with van der Waals surface area (Å²) in [7, 11) is 1.61. The SMILES string of the molecule is COc1ccc(NC(=O)[C@H](Sc2ncccn2)c2ccccc2)cc1. The number of benzene rings is 2. The van der Waals surface area contributed by atoms with Gasteiger partial charge in [-0.05, 0) is 35.9 Å². The van der Waals surface area contributed by atoms with E-state index in [0.29, 0.717) is 10.8 Å². The number of rotatable bonds is 6. The number of carbonyl (C=O) groups excluding carboxylic acids is 1. The molecule has 1 atom stereocenters. The molecule has 0 aliphatic heterocycles. The van der Waals surface area contributed by atoms with Gasteiger partial charge in [0.05, 0.1) is 7.11 Å². The minimum atomic E-state index is -0.453. The molecule has 126 valence electrons. The standard InChI is InChI=1S/C19H17N3O2S/c1-24-16-10-8-15(9-11-16)22-18(23)17(14-6-3-2-4-7-14)25-19-20-12-5-13-21-19/h2-13,17H,1H3,(H,22,23)/t17-/m1/s1. The van der Waals surface area contributed by atoms with E-state index < -0.39 is 5.25 Å². The van der Waals surface area contributed by atoms with Crippen molar-refractivity contribution < 1.29 is 9.53 Å². The van der Waals surface area contributed by atoms with Crippen molar-refractivity contribution in [2.75, 3.05) is 12.4 Å². The normalized spacial score (nSPS) is 11.6. The average Bonchev–Trinajstić information content (AvgIpc) is 2.68. The summed E-state index contributed by atoms with van der Waals surface area (Å²) in [6.45, 7) is 0. The molecule has 0 fully saturated rings. The second-order valence-corrected chi connectivity index (χ2v) is 6.23. The zero-order chi connectivity index (χ0) is 17.5. The van der Waals surface area contributed by atoms with Crippen LogP contribution in [0.1, 0.15) is 10.8 Å². The van der Waals surface area contributed by atoms with Crippen LogP contribution in [0.25, 0.3) is 0 Å². The van der Waals surface area contributed by atoms with Crippen LogP contribution in [0.15, 0.2) is 78.2 Å². The van der Waals surface area contributed by atoms with Crippen molar-refractivity contribution >= 4 is 23.4 Å². The third kappa shape index (κ3) is 4.58. The van der Waals surface area contributed by atoms with Crippen molar-refractivity contribution in [1.29, 1.82) is 0 Å². The van der Waals surface area contributed by atoms with Gasteiger partial charge in [-0.3, -0.25) is 4.79 Å². The van der Waals surface area contributed by atoms with E-state index in [1.807, 2.05) is 42.5 Å². The Balaban J connectivity index is 1.81. The molecule has 3 rings (SSSR count). The van der Waals surface area contributed by atoms with Crippen molar-refractivity contribution in [2.24, 2.45) is 0 Å². The summed E-state index contributed by atoms with van der Waals surface area (Å²) in [5, 5.41) is 3.04. The summed E-state index contributed by atoms with van der Waals surface area (Å²) in [6.07, 6.45) is 3.33. The Morgan fingerprint density at radius 1 is 1.00 bits per heavy atom. The van der Waals surface area contributed by atoms with Gasteiger partial charge in [-0.25, -0.2) is 9.97 Å². The van der Waals surface area contributed by atoms with Gasteiger partial charge < -0.3 is 10.1 Å². The van der Waals surface area contributed by atoms with E-state index in [-0.39, 0.29) is 5.91 Å². The van der Waals surface area contributed by atoms with E-state index >= 15 is 0 Å². The largest absolute Gasteiger partial charge is 0.497 e. The minimum Gasteiger partial charge on any atom is -0.497 e. The smallest absolute Gasteiger partial charge is 0.242 e. The quantitative estimate of drug-likeness (QED) is 0.538. The number of carbonyl (C=O) groups is 1. The molecule has 3 aromatic rings. The fraction of sp³-hybridized carbons (Fsp3) is 0.105. The fourth-order valence-electron chi connectivity index (χ4n) is 2.23. The number of aromatic nitrogens is 2. The topological polar surface area (TPSA) is 64.1 Å². The van der Waals surface area contributed by atoms with Gasteiger partial charge >= 0.3 is 0 Å². The molecular formula is C19H17N3O2S. The molecule has 0 aliphatic rings. The molecule has 0 saturated carbocycles. The van der Waals surface area contributed by atoms with Gasteiger partial charge in [0.1, 0.15) is 11.0 Å². The summed E-state index contributed by atoms with van der Waals surface area (Å²) in [5.41, 5.74) is 1.60.